The summed E-state index contributed by atoms with van der Waals surface area (Å²) in [6.45, 7) is 4.10. The molecule has 0 bridgehead atoms. The number of halogens is 3. The molecule has 20 heavy (non-hydrogen) atoms. The van der Waals surface area contributed by atoms with Crippen LogP contribution in [0.3, 0.4) is 0 Å². The Kier molecular flexibility index (Phi) is 5.67. The van der Waals surface area contributed by atoms with Crippen LogP contribution in [-0.2, 0) is 0 Å². The van der Waals surface area contributed by atoms with E-state index in [4.69, 9.17) is 11.6 Å². The van der Waals surface area contributed by atoms with Gasteiger partial charge in [0.2, 0.25) is 0 Å². The third-order valence-electron chi connectivity index (χ3n) is 4.12. The van der Waals surface area contributed by atoms with Crippen LogP contribution in [0.4, 0.5) is 4.39 Å². The quantitative estimate of drug-likeness (QED) is 0.911. The van der Waals surface area contributed by atoms with Gasteiger partial charge in [-0.05, 0) is 36.1 Å². The van der Waals surface area contributed by atoms with E-state index in [1.807, 2.05) is 6.07 Å². The predicted molar refractivity (Wildman–Crippen MR) is 83.2 cm³/mol. The minimum Gasteiger partial charge on any atom is -0.314 e. The molecule has 2 aliphatic rings. The molecule has 5 heteroatoms. The lowest BCUT2D eigenvalue weighted by atomic mass is 9.98. The van der Waals surface area contributed by atoms with Crippen LogP contribution in [0.15, 0.2) is 18.2 Å². The highest BCUT2D eigenvalue weighted by atomic mass is 35.5. The normalized spacial score (nSPS) is 21.3. The number of benzene rings is 1. The van der Waals surface area contributed by atoms with E-state index >= 15 is 0 Å². The Morgan fingerprint density at radius 1 is 1.25 bits per heavy atom. The number of nitrogens with zero attached hydrogens (tertiary/aromatic N) is 1. The largest absolute Gasteiger partial charge is 0.314 e. The Balaban J connectivity index is 0.00000147. The first-order valence-corrected chi connectivity index (χ1v) is 7.51. The van der Waals surface area contributed by atoms with Gasteiger partial charge in [0.05, 0.1) is 0 Å². The molecule has 0 aromatic heterocycles. The Hall–Kier alpha value is -0.350. The SMILES string of the molecule is Cl.Fc1cc(Cl)cc([C@@H](CC2CC2)N2CCNCC2)c1. The highest BCUT2D eigenvalue weighted by Gasteiger charge is 2.30. The van der Waals surface area contributed by atoms with Crippen LogP contribution in [0.5, 0.6) is 0 Å². The smallest absolute Gasteiger partial charge is 0.125 e. The number of piperazine rings is 1. The molecule has 1 aliphatic carbocycles. The molecule has 0 amide bonds. The minimum atomic E-state index is -0.224. The van der Waals surface area contributed by atoms with E-state index in [2.05, 4.69) is 10.2 Å². The zero-order chi connectivity index (χ0) is 13.2. The van der Waals surface area contributed by atoms with Crippen molar-refractivity contribution in [1.29, 1.82) is 0 Å². The van der Waals surface area contributed by atoms with Crippen molar-refractivity contribution in [1.82, 2.24) is 10.2 Å². The first kappa shape index (κ1) is 16.0. The Bertz CT molecular complexity index is 425. The molecule has 1 saturated carbocycles. The van der Waals surface area contributed by atoms with Crippen molar-refractivity contribution >= 4 is 24.0 Å². The van der Waals surface area contributed by atoms with Gasteiger partial charge in [-0.3, -0.25) is 4.90 Å². The first-order valence-electron chi connectivity index (χ1n) is 7.13. The molecule has 0 spiro atoms. The van der Waals surface area contributed by atoms with Gasteiger partial charge in [0, 0.05) is 37.2 Å². The maximum absolute atomic E-state index is 13.6. The van der Waals surface area contributed by atoms with Gasteiger partial charge >= 0.3 is 0 Å². The summed E-state index contributed by atoms with van der Waals surface area (Å²) in [6, 6.07) is 5.29. The van der Waals surface area contributed by atoms with E-state index < -0.39 is 0 Å². The van der Waals surface area contributed by atoms with Crippen molar-refractivity contribution in [2.45, 2.75) is 25.3 Å². The lowest BCUT2D eigenvalue weighted by Crippen LogP contribution is -2.45. The molecule has 1 atom stereocenters. The second kappa shape index (κ2) is 7.08. The van der Waals surface area contributed by atoms with E-state index in [1.54, 1.807) is 6.07 Å². The predicted octanol–water partition coefficient (Wildman–Crippen LogP) is 3.65. The van der Waals surface area contributed by atoms with Crippen LogP contribution in [0, 0.1) is 11.7 Å². The average Bonchev–Trinajstić information content (AvgIpc) is 3.20. The van der Waals surface area contributed by atoms with Crippen LogP contribution in [0.25, 0.3) is 0 Å². The molecule has 0 unspecified atom stereocenters. The summed E-state index contributed by atoms with van der Waals surface area (Å²) < 4.78 is 13.6. The molecule has 2 nitrogen and oxygen atoms in total. The van der Waals surface area contributed by atoms with E-state index in [0.717, 1.165) is 44.1 Å². The lowest BCUT2D eigenvalue weighted by Gasteiger charge is -2.35. The van der Waals surface area contributed by atoms with E-state index in [9.17, 15) is 4.39 Å². The Labute approximate surface area is 131 Å². The fourth-order valence-electron chi connectivity index (χ4n) is 2.93. The zero-order valence-electron chi connectivity index (χ0n) is 11.4. The van der Waals surface area contributed by atoms with Gasteiger partial charge in [0.15, 0.2) is 0 Å². The monoisotopic (exact) mass is 318 g/mol. The summed E-state index contributed by atoms with van der Waals surface area (Å²) in [5, 5.41) is 3.88. The van der Waals surface area contributed by atoms with Crippen molar-refractivity contribution in [3.63, 3.8) is 0 Å². The summed E-state index contributed by atoms with van der Waals surface area (Å²) >= 11 is 6.01. The summed E-state index contributed by atoms with van der Waals surface area (Å²) in [5.41, 5.74) is 1.04. The molecule has 1 aromatic carbocycles. The maximum Gasteiger partial charge on any atom is 0.125 e. The molecule has 2 fully saturated rings. The van der Waals surface area contributed by atoms with E-state index in [1.165, 1.54) is 18.9 Å². The number of hydrogen-bond acceptors (Lipinski definition) is 2. The van der Waals surface area contributed by atoms with Crippen molar-refractivity contribution in [2.75, 3.05) is 26.2 Å². The van der Waals surface area contributed by atoms with Crippen molar-refractivity contribution < 1.29 is 4.39 Å². The van der Waals surface area contributed by atoms with Gasteiger partial charge in [0.1, 0.15) is 5.82 Å². The summed E-state index contributed by atoms with van der Waals surface area (Å²) in [5.74, 6) is 0.598. The lowest BCUT2D eigenvalue weighted by molar-refractivity contribution is 0.160. The Morgan fingerprint density at radius 2 is 1.95 bits per heavy atom. The van der Waals surface area contributed by atoms with Crippen LogP contribution in [-0.4, -0.2) is 31.1 Å². The van der Waals surface area contributed by atoms with E-state index in [0.29, 0.717) is 11.1 Å². The molecular formula is C15H21Cl2FN2. The topological polar surface area (TPSA) is 15.3 Å². The maximum atomic E-state index is 13.6. The molecule has 1 N–H and O–H groups in total. The molecule has 3 rings (SSSR count). The second-order valence-corrected chi connectivity index (χ2v) is 6.12. The first-order chi connectivity index (χ1) is 9.22. The third-order valence-corrected chi connectivity index (χ3v) is 4.33. The average molecular weight is 319 g/mol. The van der Waals surface area contributed by atoms with Gasteiger partial charge in [0.25, 0.3) is 0 Å². The minimum absolute atomic E-state index is 0. The summed E-state index contributed by atoms with van der Waals surface area (Å²) in [6.07, 6.45) is 3.79. The molecule has 1 heterocycles. The van der Waals surface area contributed by atoms with Crippen LogP contribution in [0.1, 0.15) is 30.9 Å². The van der Waals surface area contributed by atoms with Gasteiger partial charge < -0.3 is 5.32 Å². The molecule has 0 radical (unpaired) electrons. The molecular weight excluding hydrogens is 298 g/mol. The summed E-state index contributed by atoms with van der Waals surface area (Å²) in [7, 11) is 0. The van der Waals surface area contributed by atoms with Crippen molar-refractivity contribution in [2.24, 2.45) is 5.92 Å². The van der Waals surface area contributed by atoms with Crippen molar-refractivity contribution in [3.05, 3.63) is 34.6 Å². The van der Waals surface area contributed by atoms with Crippen LogP contribution in [0.2, 0.25) is 5.02 Å². The molecule has 112 valence electrons. The fourth-order valence-corrected chi connectivity index (χ4v) is 3.16. The van der Waals surface area contributed by atoms with Gasteiger partial charge in [-0.2, -0.15) is 0 Å². The van der Waals surface area contributed by atoms with Gasteiger partial charge in [-0.1, -0.05) is 24.4 Å². The van der Waals surface area contributed by atoms with E-state index in [-0.39, 0.29) is 18.2 Å². The standard InChI is InChI=1S/C15H20ClFN2.ClH/c16-13-8-12(9-14(17)10-13)15(7-11-1-2-11)19-5-3-18-4-6-19;/h8-11,15,18H,1-7H2;1H/t15-;/m1./s1. The highest BCUT2D eigenvalue weighted by Crippen LogP contribution is 2.40. The highest BCUT2D eigenvalue weighted by molar-refractivity contribution is 6.30. The second-order valence-electron chi connectivity index (χ2n) is 5.68. The van der Waals surface area contributed by atoms with Crippen LogP contribution < -0.4 is 5.32 Å². The fraction of sp³-hybridized carbons (Fsp3) is 0.600. The number of nitrogens with one attached hydrogen (secondary N) is 1. The third kappa shape index (κ3) is 4.08. The van der Waals surface area contributed by atoms with Crippen LogP contribution >= 0.6 is 24.0 Å². The summed E-state index contributed by atoms with van der Waals surface area (Å²) in [4.78, 5) is 2.47. The molecule has 1 aliphatic heterocycles. The number of rotatable bonds is 4. The van der Waals surface area contributed by atoms with Gasteiger partial charge in [-0.25, -0.2) is 4.39 Å². The number of hydrogen-bond donors (Lipinski definition) is 1. The van der Waals surface area contributed by atoms with Crippen molar-refractivity contribution in [3.8, 4) is 0 Å². The molecule has 1 saturated heterocycles. The zero-order valence-corrected chi connectivity index (χ0v) is 13.0. The van der Waals surface area contributed by atoms with Gasteiger partial charge in [-0.15, -0.1) is 12.4 Å². The Morgan fingerprint density at radius 3 is 2.55 bits per heavy atom. The molecule has 1 aromatic rings.